The molecule has 3 aliphatic rings. The topological polar surface area (TPSA) is 48.0 Å². The van der Waals surface area contributed by atoms with E-state index in [4.69, 9.17) is 14.2 Å². The summed E-state index contributed by atoms with van der Waals surface area (Å²) in [5.74, 6) is 1.50. The molecule has 0 unspecified atom stereocenters. The number of carbonyl (C=O) groups excluding carboxylic acids is 1. The van der Waals surface area contributed by atoms with Crippen LogP contribution in [-0.2, 0) is 9.53 Å². The molecule has 2 fully saturated rings. The first-order valence-electron chi connectivity index (χ1n) is 11.3. The van der Waals surface area contributed by atoms with Crippen LogP contribution in [0.2, 0.25) is 0 Å². The number of esters is 1. The van der Waals surface area contributed by atoms with Gasteiger partial charge in [0, 0.05) is 17.5 Å². The normalized spacial score (nSPS) is 28.5. The number of hydrogen-bond donors (Lipinski definition) is 0. The molecule has 0 aromatic heterocycles. The largest absolute Gasteiger partial charge is 0.497 e. The maximum atomic E-state index is 13.7. The highest BCUT2D eigenvalue weighted by atomic mass is 16.5. The summed E-state index contributed by atoms with van der Waals surface area (Å²) >= 11 is 0. The van der Waals surface area contributed by atoms with Crippen molar-refractivity contribution >= 4 is 16.7 Å². The van der Waals surface area contributed by atoms with E-state index >= 15 is 0 Å². The highest BCUT2D eigenvalue weighted by Crippen LogP contribution is 2.64. The Balaban J connectivity index is 1.61. The van der Waals surface area contributed by atoms with Crippen LogP contribution in [-0.4, -0.2) is 44.3 Å². The molecule has 5 nitrogen and oxygen atoms in total. The Labute approximate surface area is 187 Å². The predicted molar refractivity (Wildman–Crippen MR) is 122 cm³/mol. The third kappa shape index (κ3) is 2.51. The lowest BCUT2D eigenvalue weighted by molar-refractivity contribution is -0.159. The van der Waals surface area contributed by atoms with E-state index in [2.05, 4.69) is 53.4 Å². The van der Waals surface area contributed by atoms with Gasteiger partial charge in [-0.2, -0.15) is 0 Å². The van der Waals surface area contributed by atoms with E-state index in [1.807, 2.05) is 12.1 Å². The summed E-state index contributed by atoms with van der Waals surface area (Å²) in [7, 11) is 3.17. The van der Waals surface area contributed by atoms with E-state index in [1.165, 1.54) is 12.5 Å². The summed E-state index contributed by atoms with van der Waals surface area (Å²) in [4.78, 5) is 16.3. The number of fused-ring (bicyclic) bond motifs is 7. The molecule has 0 aliphatic carbocycles. The lowest BCUT2D eigenvalue weighted by Crippen LogP contribution is -2.49. The molecule has 0 amide bonds. The molecule has 4 atom stereocenters. The lowest BCUT2D eigenvalue weighted by atomic mass is 9.65. The van der Waals surface area contributed by atoms with Gasteiger partial charge in [-0.3, -0.25) is 9.69 Å². The van der Waals surface area contributed by atoms with Crippen LogP contribution in [0.15, 0.2) is 60.7 Å². The summed E-state index contributed by atoms with van der Waals surface area (Å²) in [6, 6.07) is 20.9. The van der Waals surface area contributed by atoms with Gasteiger partial charge in [0.15, 0.2) is 0 Å². The van der Waals surface area contributed by atoms with E-state index in [9.17, 15) is 4.79 Å². The van der Waals surface area contributed by atoms with Gasteiger partial charge in [0.25, 0.3) is 0 Å². The van der Waals surface area contributed by atoms with Gasteiger partial charge in [-0.1, -0.05) is 42.5 Å². The van der Waals surface area contributed by atoms with Gasteiger partial charge in [0.2, 0.25) is 0 Å². The fourth-order valence-corrected chi connectivity index (χ4v) is 6.59. The molecule has 3 aliphatic heterocycles. The van der Waals surface area contributed by atoms with Crippen LogP contribution in [0.1, 0.15) is 35.9 Å². The third-order valence-corrected chi connectivity index (χ3v) is 7.81. The maximum absolute atomic E-state index is 13.7. The second-order valence-corrected chi connectivity index (χ2v) is 9.12. The Bertz CT molecular complexity index is 1190. The SMILES string of the molecule is COC(=O)[C@@]12COc3ccc4ccccc4c3[C@@H]1N1CCC[C@@H]1[C@@H]2c1ccc(OC)cc1. The van der Waals surface area contributed by atoms with E-state index in [1.54, 1.807) is 7.11 Å². The highest BCUT2D eigenvalue weighted by molar-refractivity contribution is 5.91. The van der Waals surface area contributed by atoms with Crippen molar-refractivity contribution in [3.05, 3.63) is 71.8 Å². The Morgan fingerprint density at radius 3 is 2.66 bits per heavy atom. The smallest absolute Gasteiger partial charge is 0.317 e. The summed E-state index contributed by atoms with van der Waals surface area (Å²) in [6.45, 7) is 1.29. The van der Waals surface area contributed by atoms with Crippen molar-refractivity contribution in [3.8, 4) is 11.5 Å². The second kappa shape index (κ2) is 7.24. The molecule has 32 heavy (non-hydrogen) atoms. The number of nitrogens with zero attached hydrogens (tertiary/aromatic N) is 1. The molecule has 0 radical (unpaired) electrons. The molecule has 5 heteroatoms. The van der Waals surface area contributed by atoms with Crippen LogP contribution < -0.4 is 9.47 Å². The molecular weight excluding hydrogens is 402 g/mol. The first-order valence-corrected chi connectivity index (χ1v) is 11.3. The lowest BCUT2D eigenvalue weighted by Gasteiger charge is -2.43. The molecule has 0 spiro atoms. The van der Waals surface area contributed by atoms with Crippen molar-refractivity contribution in [3.63, 3.8) is 0 Å². The van der Waals surface area contributed by atoms with Gasteiger partial charge < -0.3 is 14.2 Å². The van der Waals surface area contributed by atoms with Crippen LogP contribution in [0.3, 0.4) is 0 Å². The Morgan fingerprint density at radius 2 is 1.88 bits per heavy atom. The summed E-state index contributed by atoms with van der Waals surface area (Å²) in [5, 5.41) is 2.32. The van der Waals surface area contributed by atoms with E-state index in [-0.39, 0.29) is 24.0 Å². The molecule has 164 valence electrons. The van der Waals surface area contributed by atoms with Gasteiger partial charge >= 0.3 is 5.97 Å². The van der Waals surface area contributed by atoms with Crippen molar-refractivity contribution in [2.24, 2.45) is 5.41 Å². The van der Waals surface area contributed by atoms with Gasteiger partial charge in [-0.05, 0) is 53.9 Å². The second-order valence-electron chi connectivity index (χ2n) is 9.12. The zero-order chi connectivity index (χ0) is 21.9. The molecule has 0 bridgehead atoms. The van der Waals surface area contributed by atoms with Crippen molar-refractivity contribution in [1.82, 2.24) is 4.90 Å². The molecular formula is C27H27NO4. The fraction of sp³-hybridized carbons (Fsp3) is 0.370. The van der Waals surface area contributed by atoms with Crippen LogP contribution >= 0.6 is 0 Å². The molecule has 6 rings (SSSR count). The van der Waals surface area contributed by atoms with E-state index in [0.29, 0.717) is 6.61 Å². The first kappa shape index (κ1) is 19.6. The van der Waals surface area contributed by atoms with Crippen molar-refractivity contribution < 1.29 is 19.0 Å². The fourth-order valence-electron chi connectivity index (χ4n) is 6.59. The minimum atomic E-state index is -0.800. The summed E-state index contributed by atoms with van der Waals surface area (Å²) < 4.78 is 17.3. The third-order valence-electron chi connectivity index (χ3n) is 7.81. The summed E-state index contributed by atoms with van der Waals surface area (Å²) in [5.41, 5.74) is 1.47. The predicted octanol–water partition coefficient (Wildman–Crippen LogP) is 4.70. The Morgan fingerprint density at radius 1 is 1.06 bits per heavy atom. The number of ether oxygens (including phenoxy) is 3. The monoisotopic (exact) mass is 429 g/mol. The van der Waals surface area contributed by atoms with Gasteiger partial charge in [-0.25, -0.2) is 0 Å². The average Bonchev–Trinajstić information content (AvgIpc) is 3.42. The standard InChI is InChI=1S/C27H27NO4/c1-30-19-12-9-18(10-13-19)24-21-8-5-15-28(21)25-23-20-7-4-3-6-17(20)11-14-22(23)32-16-27(24,25)26(29)31-2/h3-4,6-7,9-14,21,24-25H,5,8,15-16H2,1-2H3/t21-,24+,25+,27-/m1/s1. The number of hydrogen-bond acceptors (Lipinski definition) is 5. The van der Waals surface area contributed by atoms with Crippen molar-refractivity contribution in [2.45, 2.75) is 30.8 Å². The minimum Gasteiger partial charge on any atom is -0.497 e. The molecule has 3 heterocycles. The average molecular weight is 430 g/mol. The van der Waals surface area contributed by atoms with Gasteiger partial charge in [0.05, 0.1) is 20.3 Å². The van der Waals surface area contributed by atoms with Crippen LogP contribution in [0, 0.1) is 5.41 Å². The zero-order valence-corrected chi connectivity index (χ0v) is 18.4. The highest BCUT2D eigenvalue weighted by Gasteiger charge is 2.68. The van der Waals surface area contributed by atoms with Crippen molar-refractivity contribution in [2.75, 3.05) is 27.4 Å². The van der Waals surface area contributed by atoms with Gasteiger partial charge in [-0.15, -0.1) is 0 Å². The Hall–Kier alpha value is -3.05. The Kier molecular flexibility index (Phi) is 4.44. The summed E-state index contributed by atoms with van der Waals surface area (Å²) in [6.07, 6.45) is 2.19. The van der Waals surface area contributed by atoms with Crippen LogP contribution in [0.5, 0.6) is 11.5 Å². The van der Waals surface area contributed by atoms with Crippen LogP contribution in [0.4, 0.5) is 0 Å². The number of rotatable bonds is 3. The number of methoxy groups -OCH3 is 2. The minimum absolute atomic E-state index is 0.0134. The van der Waals surface area contributed by atoms with Crippen molar-refractivity contribution in [1.29, 1.82) is 0 Å². The molecule has 2 saturated heterocycles. The number of benzene rings is 3. The van der Waals surface area contributed by atoms with Gasteiger partial charge in [0.1, 0.15) is 23.5 Å². The van der Waals surface area contributed by atoms with E-state index < -0.39 is 5.41 Å². The molecule has 3 aromatic carbocycles. The first-order chi connectivity index (χ1) is 15.7. The zero-order valence-electron chi connectivity index (χ0n) is 18.4. The maximum Gasteiger partial charge on any atom is 0.317 e. The molecule has 3 aromatic rings. The van der Waals surface area contributed by atoms with E-state index in [0.717, 1.165) is 47.4 Å². The molecule has 0 saturated carbocycles. The van der Waals surface area contributed by atoms with Crippen LogP contribution in [0.25, 0.3) is 10.8 Å². The number of carbonyl (C=O) groups is 1. The quantitative estimate of drug-likeness (QED) is 0.565. The molecule has 0 N–H and O–H groups in total.